The lowest BCUT2D eigenvalue weighted by Crippen LogP contribution is -2.47. The van der Waals surface area contributed by atoms with Crippen LogP contribution in [0.25, 0.3) is 65.0 Å². The zero-order valence-electron chi connectivity index (χ0n) is 46.5. The van der Waals surface area contributed by atoms with Gasteiger partial charge >= 0.3 is 0 Å². The molecule has 14 rings (SSSR count). The summed E-state index contributed by atoms with van der Waals surface area (Å²) in [7, 11) is -6.30. The zero-order valence-corrected chi connectivity index (χ0v) is 49.7. The van der Waals surface area contributed by atoms with Gasteiger partial charge in [0.1, 0.15) is 6.23 Å². The summed E-state index contributed by atoms with van der Waals surface area (Å²) < 4.78 is 80.3. The molecule has 0 bridgehead atoms. The lowest BCUT2D eigenvalue weighted by atomic mass is 10.1. The maximum absolute atomic E-state index is 11.9. The van der Waals surface area contributed by atoms with Crippen molar-refractivity contribution in [1.29, 1.82) is 0 Å². The van der Waals surface area contributed by atoms with Gasteiger partial charge in [-0.05, 0) is 62.8 Å². The van der Waals surface area contributed by atoms with E-state index in [1.165, 1.54) is 22.3 Å². The minimum atomic E-state index is -3.15. The van der Waals surface area contributed by atoms with E-state index in [2.05, 4.69) is 62.2 Å². The molecule has 6 aliphatic rings. The molecular weight excluding hydrogens is 1120 g/mol. The molecule has 12 heterocycles. The molecule has 2 aromatic carbocycles. The highest BCUT2D eigenvalue weighted by atomic mass is 32.2. The Labute approximate surface area is 485 Å². The molecule has 0 radical (unpaired) electrons. The largest absolute Gasteiger partial charge is 0.378 e. The van der Waals surface area contributed by atoms with Gasteiger partial charge in [0.25, 0.3) is 0 Å². The molecule has 6 fully saturated rings. The first kappa shape index (κ1) is 55.8. The number of morpholine rings is 2. The highest BCUT2D eigenvalue weighted by Gasteiger charge is 2.29. The maximum atomic E-state index is 11.9. The normalized spacial score (nSPS) is 21.7. The van der Waals surface area contributed by atoms with Crippen molar-refractivity contribution in [1.82, 2.24) is 57.9 Å². The molecule has 22 nitrogen and oxygen atoms in total. The van der Waals surface area contributed by atoms with E-state index in [0.717, 1.165) is 156 Å². The second-order valence-corrected chi connectivity index (χ2v) is 28.2. The van der Waals surface area contributed by atoms with Crippen LogP contribution in [-0.4, -0.2) is 205 Å². The fraction of sp³-hybridized carbons (Fsp3) is 0.536. The smallest absolute Gasteiger partial charge is 0.211 e. The van der Waals surface area contributed by atoms with Crippen molar-refractivity contribution >= 4 is 96.6 Å². The summed E-state index contributed by atoms with van der Waals surface area (Å²) in [6.45, 7) is 13.8. The quantitative estimate of drug-likeness (QED) is 0.125. The molecule has 2 unspecified atom stereocenters. The highest BCUT2D eigenvalue weighted by molar-refractivity contribution is 7.88. The van der Waals surface area contributed by atoms with Gasteiger partial charge in [-0.15, -0.1) is 22.7 Å². The molecular formula is C56H70N14O8S4. The number of ether oxygens (including phenoxy) is 4. The van der Waals surface area contributed by atoms with Crippen molar-refractivity contribution in [3.8, 4) is 22.8 Å². The van der Waals surface area contributed by atoms with Gasteiger partial charge in [0, 0.05) is 143 Å². The van der Waals surface area contributed by atoms with Gasteiger partial charge in [0.2, 0.25) is 20.0 Å². The third-order valence-corrected chi connectivity index (χ3v) is 21.2. The minimum absolute atomic E-state index is 0.0324. The Hall–Kier alpha value is -5.36. The Balaban J connectivity index is 0.000000154. The molecule has 82 heavy (non-hydrogen) atoms. The van der Waals surface area contributed by atoms with Crippen LogP contribution in [0.1, 0.15) is 60.7 Å². The van der Waals surface area contributed by atoms with Crippen LogP contribution < -0.4 is 9.80 Å². The minimum Gasteiger partial charge on any atom is -0.378 e. The van der Waals surface area contributed by atoms with Gasteiger partial charge in [0.15, 0.2) is 29.5 Å². The molecule has 0 amide bonds. The van der Waals surface area contributed by atoms with E-state index in [1.54, 1.807) is 31.3 Å². The molecule has 0 saturated carbocycles. The van der Waals surface area contributed by atoms with E-state index in [0.29, 0.717) is 90.4 Å². The van der Waals surface area contributed by atoms with E-state index in [9.17, 15) is 16.8 Å². The first-order valence-corrected chi connectivity index (χ1v) is 34.0. The van der Waals surface area contributed by atoms with E-state index in [-0.39, 0.29) is 12.5 Å². The van der Waals surface area contributed by atoms with Crippen LogP contribution in [0.15, 0.2) is 60.9 Å². The standard InChI is InChI=1S/2C28H35N7O4S2/c1-41(36,37)34-10-8-32(9-11-34)19-20-17-23-26(40-20)28(33-12-15-38-16-13-33)31-27(30-23)21-5-4-6-24-22(21)18-29-35(24)25-7-2-3-14-39-25;1-41(36,37)34-10-8-32(9-11-34)18-20-17-24-26(40-20)28(33-12-15-38-16-13-33)30-27(29-24)21-5-4-6-23-22(21)19-35(31-23)25-7-2-3-14-39-25/h4-6,17-18,25H,2-3,7-16,19H2,1H3;4-6,17,19,25H,2-3,7-16,18H2,1H3. The van der Waals surface area contributed by atoms with Gasteiger partial charge in [-0.25, -0.2) is 46.1 Å². The van der Waals surface area contributed by atoms with E-state index >= 15 is 0 Å². The fourth-order valence-corrected chi connectivity index (χ4v) is 15.9. The average molecular weight is 1200 g/mol. The number of piperazine rings is 2. The van der Waals surface area contributed by atoms with Crippen LogP contribution in [-0.2, 0) is 52.1 Å². The average Bonchev–Trinajstić information content (AvgIpc) is 4.37. The third-order valence-electron chi connectivity index (χ3n) is 16.4. The van der Waals surface area contributed by atoms with Crippen LogP contribution in [0.2, 0.25) is 0 Å². The molecule has 6 aliphatic heterocycles. The SMILES string of the molecule is CS(=O)(=O)N1CCN(Cc2cc3nc(-c4cccc5c4cnn5C4CCCCO4)nc(N4CCOCC4)c3s2)CC1.CS(=O)(=O)N1CCN(Cc2cc3nc(-c4cccc5nn(C6CCCCO6)cc45)nc(N4CCOCC4)c3s2)CC1. The Bertz CT molecular complexity index is 3630. The van der Waals surface area contributed by atoms with Crippen molar-refractivity contribution in [2.24, 2.45) is 0 Å². The number of fused-ring (bicyclic) bond motifs is 4. The number of aromatic nitrogens is 8. The number of thiophene rings is 2. The van der Waals surface area contributed by atoms with E-state index in [4.69, 9.17) is 49.1 Å². The molecule has 2 atom stereocenters. The van der Waals surface area contributed by atoms with Crippen LogP contribution in [0, 0.1) is 0 Å². The predicted octanol–water partition coefficient (Wildman–Crippen LogP) is 6.64. The molecule has 0 spiro atoms. The summed E-state index contributed by atoms with van der Waals surface area (Å²) in [5.41, 5.74) is 5.74. The van der Waals surface area contributed by atoms with Gasteiger partial charge in [-0.3, -0.25) is 9.80 Å². The highest BCUT2D eigenvalue weighted by Crippen LogP contribution is 2.40. The Morgan fingerprint density at radius 2 is 1.05 bits per heavy atom. The molecule has 6 saturated heterocycles. The Kier molecular flexibility index (Phi) is 16.3. The second kappa shape index (κ2) is 24.0. The van der Waals surface area contributed by atoms with Crippen molar-refractivity contribution in [3.63, 3.8) is 0 Å². The van der Waals surface area contributed by atoms with Crippen LogP contribution in [0.5, 0.6) is 0 Å². The molecule has 0 aliphatic carbocycles. The Morgan fingerprint density at radius 3 is 1.55 bits per heavy atom. The lowest BCUT2D eigenvalue weighted by Gasteiger charge is -2.32. The first-order chi connectivity index (χ1) is 39.9. The number of nitrogens with zero attached hydrogens (tertiary/aromatic N) is 14. The van der Waals surface area contributed by atoms with Crippen LogP contribution >= 0.6 is 22.7 Å². The third kappa shape index (κ3) is 12.0. The number of sulfonamides is 2. The van der Waals surface area contributed by atoms with Gasteiger partial charge < -0.3 is 28.7 Å². The summed E-state index contributed by atoms with van der Waals surface area (Å²) >= 11 is 3.47. The molecule has 436 valence electrons. The second-order valence-electron chi connectivity index (χ2n) is 22.0. The van der Waals surface area contributed by atoms with Crippen molar-refractivity contribution in [2.75, 3.05) is 140 Å². The molecule has 6 aromatic heterocycles. The number of hydrogen-bond donors (Lipinski definition) is 0. The summed E-state index contributed by atoms with van der Waals surface area (Å²) in [4.78, 5) is 32.2. The summed E-state index contributed by atoms with van der Waals surface area (Å²) in [5.74, 6) is 3.29. The van der Waals surface area contributed by atoms with Crippen molar-refractivity contribution in [3.05, 3.63) is 70.7 Å². The zero-order chi connectivity index (χ0) is 56.0. The number of rotatable bonds is 12. The molecule has 26 heteroatoms. The summed E-state index contributed by atoms with van der Waals surface area (Å²) in [6.07, 6.45) is 12.9. The summed E-state index contributed by atoms with van der Waals surface area (Å²) in [5, 5.41) is 11.6. The van der Waals surface area contributed by atoms with Gasteiger partial charge in [-0.1, -0.05) is 24.3 Å². The Morgan fingerprint density at radius 1 is 0.549 bits per heavy atom. The number of anilines is 2. The van der Waals surface area contributed by atoms with E-state index in [1.807, 2.05) is 27.7 Å². The fourth-order valence-electron chi connectivity index (χ4n) is 11.9. The van der Waals surface area contributed by atoms with Crippen molar-refractivity contribution < 1.29 is 35.8 Å². The maximum Gasteiger partial charge on any atom is 0.211 e. The molecule has 0 N–H and O–H groups in total. The van der Waals surface area contributed by atoms with Crippen LogP contribution in [0.3, 0.4) is 0 Å². The number of hydrogen-bond acceptors (Lipinski definition) is 20. The van der Waals surface area contributed by atoms with Gasteiger partial charge in [-0.2, -0.15) is 18.8 Å². The summed E-state index contributed by atoms with van der Waals surface area (Å²) in [6, 6.07) is 16.7. The van der Waals surface area contributed by atoms with Crippen LogP contribution in [0.4, 0.5) is 11.6 Å². The lowest BCUT2D eigenvalue weighted by molar-refractivity contribution is -0.0390. The number of benzene rings is 2. The predicted molar refractivity (Wildman–Crippen MR) is 319 cm³/mol. The van der Waals surface area contributed by atoms with Gasteiger partial charge in [0.05, 0.1) is 76.6 Å². The first-order valence-electron chi connectivity index (χ1n) is 28.7. The van der Waals surface area contributed by atoms with E-state index < -0.39 is 20.0 Å². The topological polar surface area (TPSA) is 212 Å². The van der Waals surface area contributed by atoms with Crippen molar-refractivity contribution in [2.45, 2.75) is 64.1 Å². The monoisotopic (exact) mass is 1190 g/mol. The molecule has 8 aromatic rings.